The number of nitrogens with one attached hydrogen (secondary N) is 1. The van der Waals surface area contributed by atoms with Gasteiger partial charge in [-0.25, -0.2) is 0 Å². The minimum absolute atomic E-state index is 0.0697. The quantitative estimate of drug-likeness (QED) is 0.733. The predicted octanol–water partition coefficient (Wildman–Crippen LogP) is 1.31. The highest BCUT2D eigenvalue weighted by molar-refractivity contribution is 5.76. The second-order valence-corrected chi connectivity index (χ2v) is 4.07. The van der Waals surface area contributed by atoms with Crippen molar-refractivity contribution in [3.63, 3.8) is 0 Å². The lowest BCUT2D eigenvalue weighted by Crippen LogP contribution is -2.29. The molecule has 4 nitrogen and oxygen atoms in total. The van der Waals surface area contributed by atoms with Gasteiger partial charge in [0, 0.05) is 19.4 Å². The Balaban J connectivity index is 2.11. The lowest BCUT2D eigenvalue weighted by molar-refractivity contribution is -0.121. The normalized spacial score (nSPS) is 12.4. The smallest absolute Gasteiger partial charge is 0.220 e. The number of furan rings is 1. The van der Waals surface area contributed by atoms with E-state index >= 15 is 0 Å². The van der Waals surface area contributed by atoms with Gasteiger partial charge in [0.2, 0.25) is 5.91 Å². The fourth-order valence-electron chi connectivity index (χ4n) is 1.45. The third-order valence-electron chi connectivity index (χ3n) is 2.49. The number of hydrogen-bond acceptors (Lipinski definition) is 3. The van der Waals surface area contributed by atoms with Gasteiger partial charge in [-0.15, -0.1) is 0 Å². The molecular formula is C12H20N2O2. The van der Waals surface area contributed by atoms with E-state index < -0.39 is 0 Å². The molecule has 0 aliphatic rings. The Kier molecular flexibility index (Phi) is 5.64. The zero-order valence-corrected chi connectivity index (χ0v) is 9.74. The highest BCUT2D eigenvalue weighted by Gasteiger charge is 2.06. The van der Waals surface area contributed by atoms with Crippen molar-refractivity contribution in [2.24, 2.45) is 11.7 Å². The first kappa shape index (κ1) is 12.8. The van der Waals surface area contributed by atoms with Crippen LogP contribution in [0.4, 0.5) is 0 Å². The molecule has 0 radical (unpaired) electrons. The Morgan fingerprint density at radius 3 is 3.06 bits per heavy atom. The third kappa shape index (κ3) is 4.98. The molecule has 4 heteroatoms. The average Bonchev–Trinajstić information content (AvgIpc) is 2.77. The summed E-state index contributed by atoms with van der Waals surface area (Å²) in [5, 5.41) is 2.89. The highest BCUT2D eigenvalue weighted by Crippen LogP contribution is 2.03. The standard InChI is InChI=1S/C12H20N2O2/c1-10(6-7-13)9-14-12(15)5-4-11-3-2-8-16-11/h2-3,8,10H,4-7,9,13H2,1H3,(H,14,15). The van der Waals surface area contributed by atoms with E-state index in [1.54, 1.807) is 6.26 Å². The van der Waals surface area contributed by atoms with E-state index in [2.05, 4.69) is 12.2 Å². The van der Waals surface area contributed by atoms with E-state index in [0.717, 1.165) is 12.2 Å². The van der Waals surface area contributed by atoms with Crippen LogP contribution < -0.4 is 11.1 Å². The molecule has 90 valence electrons. The summed E-state index contributed by atoms with van der Waals surface area (Å²) in [6, 6.07) is 3.71. The van der Waals surface area contributed by atoms with Gasteiger partial charge >= 0.3 is 0 Å². The molecule has 0 fully saturated rings. The number of aryl methyl sites for hydroxylation is 1. The molecule has 1 rings (SSSR count). The van der Waals surface area contributed by atoms with Crippen LogP contribution in [0.1, 0.15) is 25.5 Å². The number of carbonyl (C=O) groups is 1. The predicted molar refractivity (Wildman–Crippen MR) is 62.9 cm³/mol. The molecule has 1 heterocycles. The van der Waals surface area contributed by atoms with Gasteiger partial charge < -0.3 is 15.5 Å². The molecule has 0 saturated carbocycles. The minimum Gasteiger partial charge on any atom is -0.469 e. The molecule has 1 atom stereocenters. The zero-order chi connectivity index (χ0) is 11.8. The second kappa shape index (κ2) is 7.06. The lowest BCUT2D eigenvalue weighted by atomic mass is 10.1. The van der Waals surface area contributed by atoms with Crippen molar-refractivity contribution in [2.45, 2.75) is 26.2 Å². The maximum atomic E-state index is 11.5. The van der Waals surface area contributed by atoms with E-state index in [4.69, 9.17) is 10.2 Å². The summed E-state index contributed by atoms with van der Waals surface area (Å²) >= 11 is 0. The largest absolute Gasteiger partial charge is 0.469 e. The van der Waals surface area contributed by atoms with Gasteiger partial charge in [-0.1, -0.05) is 6.92 Å². The van der Waals surface area contributed by atoms with Crippen LogP contribution in [-0.4, -0.2) is 19.0 Å². The summed E-state index contributed by atoms with van der Waals surface area (Å²) in [7, 11) is 0. The van der Waals surface area contributed by atoms with Crippen molar-refractivity contribution >= 4 is 5.91 Å². The van der Waals surface area contributed by atoms with Crippen LogP contribution in [0.5, 0.6) is 0 Å². The van der Waals surface area contributed by atoms with Crippen LogP contribution in [-0.2, 0) is 11.2 Å². The Hall–Kier alpha value is -1.29. The number of carbonyl (C=O) groups excluding carboxylic acids is 1. The van der Waals surface area contributed by atoms with Crippen molar-refractivity contribution in [3.8, 4) is 0 Å². The summed E-state index contributed by atoms with van der Waals surface area (Å²) in [6.45, 7) is 3.46. The zero-order valence-electron chi connectivity index (χ0n) is 9.74. The third-order valence-corrected chi connectivity index (χ3v) is 2.49. The molecule has 0 aliphatic carbocycles. The van der Waals surface area contributed by atoms with Gasteiger partial charge in [0.05, 0.1) is 6.26 Å². The topological polar surface area (TPSA) is 68.3 Å². The van der Waals surface area contributed by atoms with Crippen molar-refractivity contribution in [3.05, 3.63) is 24.2 Å². The first-order chi connectivity index (χ1) is 7.72. The molecule has 0 aliphatic heterocycles. The maximum absolute atomic E-state index is 11.5. The summed E-state index contributed by atoms with van der Waals surface area (Å²) in [5.74, 6) is 1.36. The molecule has 0 saturated heterocycles. The maximum Gasteiger partial charge on any atom is 0.220 e. The monoisotopic (exact) mass is 224 g/mol. The van der Waals surface area contributed by atoms with E-state index in [9.17, 15) is 4.79 Å². The van der Waals surface area contributed by atoms with E-state index in [1.165, 1.54) is 0 Å². The van der Waals surface area contributed by atoms with Gasteiger partial charge in [-0.3, -0.25) is 4.79 Å². The van der Waals surface area contributed by atoms with Gasteiger partial charge in [0.15, 0.2) is 0 Å². The average molecular weight is 224 g/mol. The number of nitrogens with two attached hydrogens (primary N) is 1. The highest BCUT2D eigenvalue weighted by atomic mass is 16.3. The van der Waals surface area contributed by atoms with Gasteiger partial charge in [0.1, 0.15) is 5.76 Å². The Morgan fingerprint density at radius 1 is 1.62 bits per heavy atom. The first-order valence-corrected chi connectivity index (χ1v) is 5.71. The van der Waals surface area contributed by atoms with E-state index in [0.29, 0.717) is 31.8 Å². The number of amides is 1. The van der Waals surface area contributed by atoms with Gasteiger partial charge in [-0.05, 0) is 31.0 Å². The van der Waals surface area contributed by atoms with Crippen molar-refractivity contribution in [2.75, 3.05) is 13.1 Å². The SMILES string of the molecule is CC(CCN)CNC(=O)CCc1ccco1. The van der Waals surface area contributed by atoms with E-state index in [-0.39, 0.29) is 5.91 Å². The number of rotatable bonds is 7. The van der Waals surface area contributed by atoms with Gasteiger partial charge in [0.25, 0.3) is 0 Å². The van der Waals surface area contributed by atoms with Crippen LogP contribution in [0.3, 0.4) is 0 Å². The molecule has 3 N–H and O–H groups in total. The molecule has 16 heavy (non-hydrogen) atoms. The molecule has 1 aromatic heterocycles. The fraction of sp³-hybridized carbons (Fsp3) is 0.583. The fourth-order valence-corrected chi connectivity index (χ4v) is 1.45. The molecule has 1 unspecified atom stereocenters. The van der Waals surface area contributed by atoms with Gasteiger partial charge in [-0.2, -0.15) is 0 Å². The van der Waals surface area contributed by atoms with Crippen LogP contribution in [0.25, 0.3) is 0 Å². The Labute approximate surface area is 96.2 Å². The molecule has 0 bridgehead atoms. The van der Waals surface area contributed by atoms with Crippen LogP contribution in [0.2, 0.25) is 0 Å². The molecule has 0 spiro atoms. The second-order valence-electron chi connectivity index (χ2n) is 4.07. The summed E-state index contributed by atoms with van der Waals surface area (Å²) in [4.78, 5) is 11.5. The minimum atomic E-state index is 0.0697. The number of hydrogen-bond donors (Lipinski definition) is 2. The summed E-state index contributed by atoms with van der Waals surface area (Å²) in [5.41, 5.74) is 5.43. The lowest BCUT2D eigenvalue weighted by Gasteiger charge is -2.10. The van der Waals surface area contributed by atoms with Crippen molar-refractivity contribution in [1.29, 1.82) is 0 Å². The Bertz CT molecular complexity index is 296. The molecular weight excluding hydrogens is 204 g/mol. The van der Waals surface area contributed by atoms with Crippen molar-refractivity contribution < 1.29 is 9.21 Å². The molecule has 0 aromatic carbocycles. The van der Waals surface area contributed by atoms with Crippen molar-refractivity contribution in [1.82, 2.24) is 5.32 Å². The summed E-state index contributed by atoms with van der Waals surface area (Å²) < 4.78 is 5.15. The van der Waals surface area contributed by atoms with Crippen LogP contribution >= 0.6 is 0 Å². The van der Waals surface area contributed by atoms with Crippen LogP contribution in [0.15, 0.2) is 22.8 Å². The molecule has 1 aromatic rings. The molecule has 1 amide bonds. The van der Waals surface area contributed by atoms with Crippen LogP contribution in [0, 0.1) is 5.92 Å². The Morgan fingerprint density at radius 2 is 2.44 bits per heavy atom. The van der Waals surface area contributed by atoms with E-state index in [1.807, 2.05) is 12.1 Å². The summed E-state index contributed by atoms with van der Waals surface area (Å²) in [6.07, 6.45) is 3.70. The first-order valence-electron chi connectivity index (χ1n) is 5.71.